The molecule has 0 saturated carbocycles. The number of thioether (sulfide) groups is 1. The second kappa shape index (κ2) is 11.4. The van der Waals surface area contributed by atoms with Crippen LogP contribution in [0, 0.1) is 6.92 Å². The maximum atomic E-state index is 12.9. The number of benzene rings is 2. The Morgan fingerprint density at radius 2 is 1.88 bits per heavy atom. The van der Waals surface area contributed by atoms with Gasteiger partial charge in [0.25, 0.3) is 0 Å². The molecule has 1 aromatic heterocycles. The first-order valence-electron chi connectivity index (χ1n) is 10.4. The van der Waals surface area contributed by atoms with Crippen LogP contribution in [0.3, 0.4) is 0 Å². The second-order valence-electron chi connectivity index (χ2n) is 7.50. The van der Waals surface area contributed by atoms with E-state index in [4.69, 9.17) is 23.2 Å². The van der Waals surface area contributed by atoms with E-state index in [1.54, 1.807) is 53.1 Å². The quantitative estimate of drug-likeness (QED) is 0.268. The van der Waals surface area contributed by atoms with Crippen molar-refractivity contribution in [2.75, 3.05) is 5.32 Å². The number of sulfone groups is 1. The highest BCUT2D eigenvalue weighted by molar-refractivity contribution is 8.00. The summed E-state index contributed by atoms with van der Waals surface area (Å²) in [4.78, 5) is 13.1. The lowest BCUT2D eigenvalue weighted by molar-refractivity contribution is -0.115. The van der Waals surface area contributed by atoms with Crippen LogP contribution in [0.1, 0.15) is 24.7 Å². The Labute approximate surface area is 213 Å². The Balaban J connectivity index is 1.80. The fourth-order valence-corrected chi connectivity index (χ4v) is 5.62. The number of hydrogen-bond acceptors (Lipinski definition) is 6. The number of rotatable bonds is 10. The van der Waals surface area contributed by atoms with Crippen LogP contribution in [0.4, 0.5) is 5.69 Å². The van der Waals surface area contributed by atoms with Crippen molar-refractivity contribution in [1.82, 2.24) is 14.8 Å². The van der Waals surface area contributed by atoms with Crippen LogP contribution in [0.2, 0.25) is 10.0 Å². The van der Waals surface area contributed by atoms with Gasteiger partial charge in [-0.25, -0.2) is 8.42 Å². The largest absolute Gasteiger partial charge is 0.325 e. The smallest absolute Gasteiger partial charge is 0.237 e. The second-order valence-corrected chi connectivity index (χ2v) is 11.5. The minimum Gasteiger partial charge on any atom is -0.325 e. The third-order valence-corrected chi connectivity index (χ3v) is 8.61. The van der Waals surface area contributed by atoms with Crippen molar-refractivity contribution in [2.45, 2.75) is 47.9 Å². The van der Waals surface area contributed by atoms with Gasteiger partial charge in [0.1, 0.15) is 11.6 Å². The first-order chi connectivity index (χ1) is 16.1. The molecule has 0 aliphatic heterocycles. The summed E-state index contributed by atoms with van der Waals surface area (Å²) in [6.45, 7) is 7.82. The molecule has 7 nitrogen and oxygen atoms in total. The molecular formula is C23H24Cl2N4O3S2. The third-order valence-electron chi connectivity index (χ3n) is 4.90. The molecule has 0 aliphatic rings. The zero-order valence-corrected chi connectivity index (χ0v) is 21.8. The van der Waals surface area contributed by atoms with Gasteiger partial charge in [-0.15, -0.1) is 16.8 Å². The van der Waals surface area contributed by atoms with Crippen molar-refractivity contribution in [3.05, 3.63) is 76.6 Å². The highest BCUT2D eigenvalue weighted by Crippen LogP contribution is 2.29. The van der Waals surface area contributed by atoms with Crippen molar-refractivity contribution in [3.8, 4) is 0 Å². The van der Waals surface area contributed by atoms with E-state index < -0.39 is 15.1 Å². The molecule has 1 amide bonds. The predicted molar refractivity (Wildman–Crippen MR) is 137 cm³/mol. The fraction of sp³-hybridized carbons (Fsp3) is 0.261. The number of nitrogens with zero attached hydrogens (tertiary/aromatic N) is 3. The number of carbonyl (C=O) groups excluding carboxylic acids is 1. The lowest BCUT2D eigenvalue weighted by Gasteiger charge is -2.15. The van der Waals surface area contributed by atoms with Crippen molar-refractivity contribution in [1.29, 1.82) is 0 Å². The summed E-state index contributed by atoms with van der Waals surface area (Å²) in [7, 11) is -3.63. The van der Waals surface area contributed by atoms with Crippen LogP contribution in [0.5, 0.6) is 0 Å². The number of aryl methyl sites for hydroxylation is 1. The molecule has 0 spiro atoms. The third kappa shape index (κ3) is 6.41. The van der Waals surface area contributed by atoms with Crippen LogP contribution in [0.15, 0.2) is 65.2 Å². The molecule has 34 heavy (non-hydrogen) atoms. The van der Waals surface area contributed by atoms with Gasteiger partial charge in [0, 0.05) is 12.2 Å². The molecule has 1 unspecified atom stereocenters. The standard InChI is InChI=1S/C23H24Cl2N4O3S2/c1-4-12-29-21(14-34(31,32)17-9-6-15(3)7-10-17)27-28-23(29)33-20(5-2)22(30)26-16-8-11-18(24)19(25)13-16/h4,6-11,13,20H,1,5,12,14H2,2-3H3,(H,26,30). The number of hydrogen-bond donors (Lipinski definition) is 1. The van der Waals surface area contributed by atoms with Crippen LogP contribution in [-0.4, -0.2) is 34.3 Å². The average molecular weight is 540 g/mol. The van der Waals surface area contributed by atoms with E-state index in [9.17, 15) is 13.2 Å². The van der Waals surface area contributed by atoms with E-state index in [2.05, 4.69) is 22.1 Å². The normalized spacial score (nSPS) is 12.4. The molecule has 11 heteroatoms. The van der Waals surface area contributed by atoms with Crippen LogP contribution in [-0.2, 0) is 26.9 Å². The van der Waals surface area contributed by atoms with Crippen LogP contribution < -0.4 is 5.32 Å². The van der Waals surface area contributed by atoms with Crippen molar-refractivity contribution in [2.24, 2.45) is 0 Å². The fourth-order valence-electron chi connectivity index (χ4n) is 3.07. The highest BCUT2D eigenvalue weighted by atomic mass is 35.5. The summed E-state index contributed by atoms with van der Waals surface area (Å²) in [5.74, 6) is -0.278. The first kappa shape index (κ1) is 26.3. The Kier molecular flexibility index (Phi) is 8.81. The van der Waals surface area contributed by atoms with E-state index in [0.717, 1.165) is 5.56 Å². The summed E-state index contributed by atoms with van der Waals surface area (Å²) in [5, 5.41) is 11.8. The Morgan fingerprint density at radius 3 is 2.50 bits per heavy atom. The van der Waals surface area contributed by atoms with E-state index in [-0.39, 0.29) is 22.4 Å². The summed E-state index contributed by atoms with van der Waals surface area (Å²) >= 11 is 13.2. The molecule has 0 fully saturated rings. The van der Waals surface area contributed by atoms with E-state index in [1.165, 1.54) is 11.8 Å². The predicted octanol–water partition coefficient (Wildman–Crippen LogP) is 5.56. The lowest BCUT2D eigenvalue weighted by Crippen LogP contribution is -2.25. The van der Waals surface area contributed by atoms with Crippen LogP contribution >= 0.6 is 35.0 Å². The number of carbonyl (C=O) groups is 1. The number of allylic oxidation sites excluding steroid dienone is 1. The molecule has 1 atom stereocenters. The van der Waals surface area contributed by atoms with Gasteiger partial charge in [-0.3, -0.25) is 4.79 Å². The molecule has 0 aliphatic carbocycles. The van der Waals surface area contributed by atoms with E-state index in [0.29, 0.717) is 33.9 Å². The van der Waals surface area contributed by atoms with Crippen molar-refractivity contribution < 1.29 is 13.2 Å². The summed E-state index contributed by atoms with van der Waals surface area (Å²) in [6, 6.07) is 11.5. The minimum atomic E-state index is -3.63. The van der Waals surface area contributed by atoms with Crippen LogP contribution in [0.25, 0.3) is 0 Å². The topological polar surface area (TPSA) is 93.9 Å². The molecule has 180 valence electrons. The van der Waals surface area contributed by atoms with Crippen molar-refractivity contribution >= 4 is 56.4 Å². The highest BCUT2D eigenvalue weighted by Gasteiger charge is 2.25. The Bertz CT molecular complexity index is 1290. The number of halogens is 2. The molecule has 3 aromatic rings. The molecule has 1 heterocycles. The average Bonchev–Trinajstić information content (AvgIpc) is 3.15. The zero-order chi connectivity index (χ0) is 24.9. The zero-order valence-electron chi connectivity index (χ0n) is 18.7. The lowest BCUT2D eigenvalue weighted by atomic mass is 10.2. The van der Waals surface area contributed by atoms with Gasteiger partial charge >= 0.3 is 0 Å². The summed E-state index contributed by atoms with van der Waals surface area (Å²) in [6.07, 6.45) is 2.14. The van der Waals surface area contributed by atoms with E-state index in [1.807, 2.05) is 13.8 Å². The Hall–Kier alpha value is -2.33. The molecule has 2 aromatic carbocycles. The van der Waals surface area contributed by atoms with Gasteiger partial charge in [-0.2, -0.15) is 0 Å². The molecule has 0 bridgehead atoms. The molecular weight excluding hydrogens is 515 g/mol. The SMILES string of the molecule is C=CCn1c(CS(=O)(=O)c2ccc(C)cc2)nnc1SC(CC)C(=O)Nc1ccc(Cl)c(Cl)c1. The summed E-state index contributed by atoms with van der Waals surface area (Å²) < 4.78 is 27.5. The molecule has 0 saturated heterocycles. The number of aromatic nitrogens is 3. The van der Waals surface area contributed by atoms with Gasteiger partial charge in [-0.1, -0.05) is 65.7 Å². The van der Waals surface area contributed by atoms with Gasteiger partial charge in [-0.05, 0) is 43.7 Å². The van der Waals surface area contributed by atoms with Gasteiger partial charge in [0.15, 0.2) is 15.0 Å². The number of nitrogens with one attached hydrogen (secondary N) is 1. The first-order valence-corrected chi connectivity index (χ1v) is 13.7. The van der Waals surface area contributed by atoms with E-state index >= 15 is 0 Å². The molecule has 3 rings (SSSR count). The minimum absolute atomic E-state index is 0.216. The Morgan fingerprint density at radius 1 is 1.18 bits per heavy atom. The molecule has 1 N–H and O–H groups in total. The molecule has 0 radical (unpaired) electrons. The maximum Gasteiger partial charge on any atom is 0.237 e. The number of anilines is 1. The van der Waals surface area contributed by atoms with Gasteiger partial charge in [0.2, 0.25) is 5.91 Å². The van der Waals surface area contributed by atoms with Gasteiger partial charge in [0.05, 0.1) is 20.2 Å². The number of amides is 1. The van der Waals surface area contributed by atoms with Gasteiger partial charge < -0.3 is 9.88 Å². The monoisotopic (exact) mass is 538 g/mol. The van der Waals surface area contributed by atoms with Crippen molar-refractivity contribution in [3.63, 3.8) is 0 Å². The maximum absolute atomic E-state index is 12.9. The summed E-state index contributed by atoms with van der Waals surface area (Å²) in [5.41, 5.74) is 1.49.